The summed E-state index contributed by atoms with van der Waals surface area (Å²) in [5.74, 6) is -0.407. The summed E-state index contributed by atoms with van der Waals surface area (Å²) in [5, 5.41) is 4.04. The molecule has 0 amide bonds. The molecule has 2 rings (SSSR count). The van der Waals surface area contributed by atoms with E-state index < -0.39 is 11.4 Å². The van der Waals surface area contributed by atoms with Crippen LogP contribution in [0, 0.1) is 12.3 Å². The lowest BCUT2D eigenvalue weighted by Crippen LogP contribution is -2.29. The Morgan fingerprint density at radius 1 is 1.43 bits per heavy atom. The average molecular weight is 291 g/mol. The van der Waals surface area contributed by atoms with E-state index in [2.05, 4.69) is 5.10 Å². The van der Waals surface area contributed by atoms with Crippen molar-refractivity contribution in [2.75, 3.05) is 0 Å². The lowest BCUT2D eigenvalue weighted by molar-refractivity contribution is -0.157. The van der Waals surface area contributed by atoms with E-state index in [0.717, 1.165) is 0 Å². The molecule has 7 nitrogen and oxygen atoms in total. The van der Waals surface area contributed by atoms with E-state index in [1.807, 2.05) is 0 Å². The Hall–Kier alpha value is -2.44. The fourth-order valence-electron chi connectivity index (χ4n) is 1.81. The normalized spacial score (nSPS) is 11.6. The second kappa shape index (κ2) is 5.16. The zero-order chi connectivity index (χ0) is 15.8. The van der Waals surface area contributed by atoms with Gasteiger partial charge in [-0.1, -0.05) is 0 Å². The van der Waals surface area contributed by atoms with Gasteiger partial charge in [0.25, 0.3) is 5.56 Å². The number of fused-ring (bicyclic) bond motifs is 1. The molecule has 0 radical (unpaired) electrons. The molecular formula is C14H17N3O4. The van der Waals surface area contributed by atoms with Gasteiger partial charge in [-0.2, -0.15) is 5.10 Å². The number of carbonyl (C=O) groups is 2. The quantitative estimate of drug-likeness (QED) is 0.626. The maximum Gasteiger partial charge on any atom is 0.312 e. The predicted octanol–water partition coefficient (Wildman–Crippen LogP) is 1.16. The van der Waals surface area contributed by atoms with Crippen molar-refractivity contribution in [2.45, 2.75) is 34.4 Å². The van der Waals surface area contributed by atoms with Crippen LogP contribution in [-0.2, 0) is 16.3 Å². The lowest BCUT2D eigenvalue weighted by Gasteiger charge is -2.16. The molecule has 0 bridgehead atoms. The van der Waals surface area contributed by atoms with Gasteiger partial charge in [-0.25, -0.2) is 4.52 Å². The van der Waals surface area contributed by atoms with Gasteiger partial charge in [-0.15, -0.1) is 0 Å². The molecule has 0 unspecified atom stereocenters. The molecule has 0 aliphatic heterocycles. The summed E-state index contributed by atoms with van der Waals surface area (Å²) < 4.78 is 7.65. The molecule has 0 aliphatic rings. The minimum atomic E-state index is -0.642. The number of carbonyl (C=O) groups excluding carboxylic acids is 2. The number of aromatic nitrogens is 3. The van der Waals surface area contributed by atoms with E-state index in [9.17, 15) is 14.4 Å². The molecule has 0 aromatic carbocycles. The van der Waals surface area contributed by atoms with Gasteiger partial charge < -0.3 is 4.74 Å². The first-order valence-corrected chi connectivity index (χ1v) is 6.45. The van der Waals surface area contributed by atoms with E-state index >= 15 is 0 Å². The third kappa shape index (κ3) is 2.72. The van der Waals surface area contributed by atoms with Crippen LogP contribution in [0.3, 0.4) is 0 Å². The summed E-state index contributed by atoms with van der Waals surface area (Å²) in [6, 6.07) is 0. The van der Waals surface area contributed by atoms with E-state index in [-0.39, 0.29) is 12.3 Å². The van der Waals surface area contributed by atoms with Crippen molar-refractivity contribution in [3.8, 4) is 0 Å². The molecule has 2 aromatic heterocycles. The van der Waals surface area contributed by atoms with Gasteiger partial charge >= 0.3 is 5.97 Å². The molecule has 21 heavy (non-hydrogen) atoms. The lowest BCUT2D eigenvalue weighted by atomic mass is 9.98. The molecule has 0 N–H and O–H groups in total. The first-order valence-electron chi connectivity index (χ1n) is 6.45. The third-order valence-corrected chi connectivity index (χ3v) is 3.13. The van der Waals surface area contributed by atoms with Crippen molar-refractivity contribution in [1.29, 1.82) is 0 Å². The summed E-state index contributed by atoms with van der Waals surface area (Å²) in [5.41, 5.74) is 0.253. The largest absolute Gasteiger partial charge is 0.443 e. The second-order valence-electron chi connectivity index (χ2n) is 5.84. The molecular weight excluding hydrogens is 274 g/mol. The molecule has 7 heteroatoms. The van der Waals surface area contributed by atoms with Gasteiger partial charge in [0.05, 0.1) is 5.41 Å². The molecule has 112 valence electrons. The molecule has 0 saturated carbocycles. The van der Waals surface area contributed by atoms with Gasteiger partial charge in [0.1, 0.15) is 11.8 Å². The van der Waals surface area contributed by atoms with Crippen molar-refractivity contribution in [2.24, 2.45) is 5.41 Å². The van der Waals surface area contributed by atoms with Gasteiger partial charge in [0.15, 0.2) is 13.0 Å². The average Bonchev–Trinajstić information content (AvgIpc) is 2.74. The van der Waals surface area contributed by atoms with E-state index in [1.54, 1.807) is 27.7 Å². The van der Waals surface area contributed by atoms with Crippen LogP contribution in [0.15, 0.2) is 17.3 Å². The Bertz CT molecular complexity index is 765. The second-order valence-corrected chi connectivity index (χ2v) is 5.84. The Morgan fingerprint density at radius 3 is 2.67 bits per heavy atom. The van der Waals surface area contributed by atoms with Crippen LogP contribution in [0.4, 0.5) is 0 Å². The van der Waals surface area contributed by atoms with Crippen LogP contribution in [0.2, 0.25) is 0 Å². The molecule has 0 spiro atoms. The van der Waals surface area contributed by atoms with E-state index in [1.165, 1.54) is 21.6 Å². The topological polar surface area (TPSA) is 82.7 Å². The summed E-state index contributed by atoms with van der Waals surface area (Å²) in [6.07, 6.45) is 3.44. The highest BCUT2D eigenvalue weighted by Crippen LogP contribution is 2.15. The highest BCUT2D eigenvalue weighted by molar-refractivity contribution is 5.81. The zero-order valence-corrected chi connectivity index (χ0v) is 12.4. The van der Waals surface area contributed by atoms with E-state index in [0.29, 0.717) is 22.9 Å². The van der Waals surface area contributed by atoms with Crippen molar-refractivity contribution in [3.05, 3.63) is 34.0 Å². The van der Waals surface area contributed by atoms with Crippen LogP contribution in [0.25, 0.3) is 5.52 Å². The van der Waals surface area contributed by atoms with Gasteiger partial charge in [-0.3, -0.25) is 19.0 Å². The first-order chi connectivity index (χ1) is 9.75. The number of ether oxygens (including phenoxy) is 1. The highest BCUT2D eigenvalue weighted by Gasteiger charge is 2.23. The molecule has 2 aromatic rings. The SMILES string of the molecule is Cc1c(C=O)cn2ncn(COC(=O)C(C)(C)C)c(=O)c12. The van der Waals surface area contributed by atoms with Crippen molar-refractivity contribution >= 4 is 17.8 Å². The number of aryl methyl sites for hydroxylation is 1. The Labute approximate surface area is 121 Å². The van der Waals surface area contributed by atoms with Crippen LogP contribution < -0.4 is 5.56 Å². The summed E-state index contributed by atoms with van der Waals surface area (Å²) in [4.78, 5) is 35.0. The number of rotatable bonds is 3. The highest BCUT2D eigenvalue weighted by atomic mass is 16.5. The fraction of sp³-hybridized carbons (Fsp3) is 0.429. The molecule has 0 fully saturated rings. The van der Waals surface area contributed by atoms with E-state index in [4.69, 9.17) is 4.74 Å². The maximum absolute atomic E-state index is 12.3. The maximum atomic E-state index is 12.3. The minimum Gasteiger partial charge on any atom is -0.443 e. The van der Waals surface area contributed by atoms with Gasteiger partial charge in [-0.05, 0) is 33.3 Å². The number of hydrogen-bond donors (Lipinski definition) is 0. The Kier molecular flexibility index (Phi) is 3.67. The molecule has 0 aliphatic carbocycles. The standard InChI is InChI=1S/C14H17N3O4/c1-9-10(6-18)5-17-11(9)12(19)16(7-15-17)8-21-13(20)14(2,3)4/h5-7H,8H2,1-4H3. The monoisotopic (exact) mass is 291 g/mol. The first kappa shape index (κ1) is 15.0. The Morgan fingerprint density at radius 2 is 2.10 bits per heavy atom. The fourth-order valence-corrected chi connectivity index (χ4v) is 1.81. The molecule has 0 saturated heterocycles. The Balaban J connectivity index is 2.37. The van der Waals surface area contributed by atoms with Crippen LogP contribution in [0.1, 0.15) is 36.7 Å². The number of nitrogens with zero attached hydrogens (tertiary/aromatic N) is 3. The van der Waals surface area contributed by atoms with Crippen LogP contribution in [-0.4, -0.2) is 26.4 Å². The summed E-state index contributed by atoms with van der Waals surface area (Å²) >= 11 is 0. The summed E-state index contributed by atoms with van der Waals surface area (Å²) in [7, 11) is 0. The minimum absolute atomic E-state index is 0.209. The van der Waals surface area contributed by atoms with Crippen LogP contribution in [0.5, 0.6) is 0 Å². The zero-order valence-electron chi connectivity index (χ0n) is 12.4. The number of aldehydes is 1. The van der Waals surface area contributed by atoms with Crippen molar-refractivity contribution < 1.29 is 14.3 Å². The number of esters is 1. The van der Waals surface area contributed by atoms with Crippen LogP contribution >= 0.6 is 0 Å². The van der Waals surface area contributed by atoms with Crippen molar-refractivity contribution in [1.82, 2.24) is 14.2 Å². The third-order valence-electron chi connectivity index (χ3n) is 3.13. The molecule has 0 atom stereocenters. The number of hydrogen-bond acceptors (Lipinski definition) is 5. The van der Waals surface area contributed by atoms with Gasteiger partial charge in [0, 0.05) is 11.8 Å². The van der Waals surface area contributed by atoms with Crippen molar-refractivity contribution in [3.63, 3.8) is 0 Å². The predicted molar refractivity (Wildman–Crippen MR) is 75.1 cm³/mol. The van der Waals surface area contributed by atoms with Gasteiger partial charge in [0.2, 0.25) is 0 Å². The smallest absolute Gasteiger partial charge is 0.312 e. The molecule has 2 heterocycles. The summed E-state index contributed by atoms with van der Waals surface area (Å²) in [6.45, 7) is 6.65.